The molecule has 0 aliphatic heterocycles. The van der Waals surface area contributed by atoms with Crippen molar-refractivity contribution in [3.63, 3.8) is 0 Å². The van der Waals surface area contributed by atoms with Gasteiger partial charge in [-0.15, -0.1) is 0 Å². The van der Waals surface area contributed by atoms with Crippen LogP contribution in [0.4, 0.5) is 0 Å². The minimum atomic E-state index is -0.434. The molecule has 0 N–H and O–H groups in total. The van der Waals surface area contributed by atoms with Crippen molar-refractivity contribution in [2.45, 2.75) is 98.1 Å². The summed E-state index contributed by atoms with van der Waals surface area (Å²) in [5.74, 6) is -0.435. The molecule has 1 aromatic rings. The van der Waals surface area contributed by atoms with Crippen molar-refractivity contribution >= 4 is 17.7 Å². The number of hydrogen-bond acceptors (Lipinski definition) is 4. The standard InChI is InChI=1S/C24H38N2O4/c1-6-8-10-15-21(28)26(19-13-11-9-12-14-19)16-20(27)22-17(3)23(24(29)30-5)25(7-2)18(22)4/h19H,6-16H2,1-5H3. The van der Waals surface area contributed by atoms with Crippen molar-refractivity contribution in [1.29, 1.82) is 0 Å². The number of rotatable bonds is 10. The number of Topliss-reactive ketones (excluding diaryl/α,β-unsaturated/α-hetero) is 1. The Morgan fingerprint density at radius 2 is 1.73 bits per heavy atom. The van der Waals surface area contributed by atoms with E-state index >= 15 is 0 Å². The van der Waals surface area contributed by atoms with Gasteiger partial charge in [-0.1, -0.05) is 39.0 Å². The van der Waals surface area contributed by atoms with Gasteiger partial charge in [0.2, 0.25) is 5.91 Å². The monoisotopic (exact) mass is 418 g/mol. The van der Waals surface area contributed by atoms with Crippen molar-refractivity contribution < 1.29 is 19.1 Å². The molecular weight excluding hydrogens is 380 g/mol. The van der Waals surface area contributed by atoms with Gasteiger partial charge in [0.1, 0.15) is 5.69 Å². The highest BCUT2D eigenvalue weighted by Crippen LogP contribution is 2.27. The zero-order valence-electron chi connectivity index (χ0n) is 19.4. The van der Waals surface area contributed by atoms with Gasteiger partial charge >= 0.3 is 5.97 Å². The molecule has 0 bridgehead atoms. The van der Waals surface area contributed by atoms with Gasteiger partial charge in [-0.2, -0.15) is 0 Å². The third-order valence-corrected chi connectivity index (χ3v) is 6.38. The van der Waals surface area contributed by atoms with Crippen molar-refractivity contribution in [1.82, 2.24) is 9.47 Å². The van der Waals surface area contributed by atoms with Crippen LogP contribution in [0.25, 0.3) is 0 Å². The first-order chi connectivity index (χ1) is 14.4. The lowest BCUT2D eigenvalue weighted by atomic mass is 9.93. The fourth-order valence-corrected chi connectivity index (χ4v) is 4.78. The molecule has 1 fully saturated rings. The molecule has 6 heteroatoms. The minimum absolute atomic E-state index is 0.0853. The van der Waals surface area contributed by atoms with E-state index in [9.17, 15) is 14.4 Å². The highest BCUT2D eigenvalue weighted by Gasteiger charge is 2.31. The highest BCUT2D eigenvalue weighted by molar-refractivity contribution is 6.04. The van der Waals surface area contributed by atoms with Gasteiger partial charge in [0, 0.05) is 30.3 Å². The largest absolute Gasteiger partial charge is 0.464 e. The number of esters is 1. The maximum absolute atomic E-state index is 13.4. The molecule has 1 heterocycles. The summed E-state index contributed by atoms with van der Waals surface area (Å²) in [6.07, 6.45) is 8.79. The van der Waals surface area contributed by atoms with Gasteiger partial charge in [0.05, 0.1) is 13.7 Å². The third-order valence-electron chi connectivity index (χ3n) is 6.38. The first kappa shape index (κ1) is 24.2. The molecule has 1 aromatic heterocycles. The molecule has 0 radical (unpaired) electrons. The van der Waals surface area contributed by atoms with E-state index in [2.05, 4.69) is 6.92 Å². The van der Waals surface area contributed by atoms with E-state index in [-0.39, 0.29) is 24.3 Å². The topological polar surface area (TPSA) is 68.6 Å². The number of ether oxygens (including phenoxy) is 1. The Bertz CT molecular complexity index is 760. The van der Waals surface area contributed by atoms with Gasteiger partial charge in [-0.3, -0.25) is 9.59 Å². The number of hydrogen-bond donors (Lipinski definition) is 0. The predicted octanol–water partition coefficient (Wildman–Crippen LogP) is 4.84. The van der Waals surface area contributed by atoms with Crippen molar-refractivity contribution in [3.8, 4) is 0 Å². The first-order valence-corrected chi connectivity index (χ1v) is 11.5. The van der Waals surface area contributed by atoms with Gasteiger partial charge in [0.15, 0.2) is 5.78 Å². The van der Waals surface area contributed by atoms with Crippen molar-refractivity contribution in [2.75, 3.05) is 13.7 Å². The van der Waals surface area contributed by atoms with Crippen LogP contribution >= 0.6 is 0 Å². The van der Waals surface area contributed by atoms with Crippen molar-refractivity contribution in [3.05, 3.63) is 22.5 Å². The summed E-state index contributed by atoms with van der Waals surface area (Å²) in [6.45, 7) is 8.39. The number of nitrogens with zero attached hydrogens (tertiary/aromatic N) is 2. The quantitative estimate of drug-likeness (QED) is 0.310. The fourth-order valence-electron chi connectivity index (χ4n) is 4.78. The van der Waals surface area contributed by atoms with Gasteiger partial charge < -0.3 is 14.2 Å². The molecule has 1 saturated carbocycles. The van der Waals surface area contributed by atoms with Crippen LogP contribution in [-0.2, 0) is 16.1 Å². The first-order valence-electron chi connectivity index (χ1n) is 11.5. The lowest BCUT2D eigenvalue weighted by Crippen LogP contribution is -2.44. The molecule has 168 valence electrons. The van der Waals surface area contributed by atoms with Gasteiger partial charge in [-0.05, 0) is 45.6 Å². The lowest BCUT2D eigenvalue weighted by molar-refractivity contribution is -0.133. The van der Waals surface area contributed by atoms with E-state index < -0.39 is 5.97 Å². The van der Waals surface area contributed by atoms with Gasteiger partial charge in [0.25, 0.3) is 0 Å². The Morgan fingerprint density at radius 1 is 1.07 bits per heavy atom. The predicted molar refractivity (Wildman–Crippen MR) is 118 cm³/mol. The molecule has 2 rings (SSSR count). The van der Waals surface area contributed by atoms with E-state index in [1.54, 1.807) is 6.92 Å². The van der Waals surface area contributed by atoms with E-state index in [1.807, 2.05) is 23.3 Å². The summed E-state index contributed by atoms with van der Waals surface area (Å²) in [5, 5.41) is 0. The maximum atomic E-state index is 13.4. The Hall–Kier alpha value is -2.11. The average molecular weight is 419 g/mol. The molecule has 0 aromatic carbocycles. The maximum Gasteiger partial charge on any atom is 0.354 e. The summed E-state index contributed by atoms with van der Waals surface area (Å²) in [7, 11) is 1.35. The number of carbonyl (C=O) groups is 3. The number of unbranched alkanes of at least 4 members (excludes halogenated alkanes) is 2. The Balaban J connectivity index is 2.31. The smallest absolute Gasteiger partial charge is 0.354 e. The lowest BCUT2D eigenvalue weighted by Gasteiger charge is -2.34. The molecule has 0 saturated heterocycles. The fraction of sp³-hybridized carbons (Fsp3) is 0.708. The summed E-state index contributed by atoms with van der Waals surface area (Å²) in [4.78, 5) is 40.6. The molecule has 0 atom stereocenters. The Morgan fingerprint density at radius 3 is 2.30 bits per heavy atom. The van der Waals surface area contributed by atoms with Crippen LogP contribution in [0, 0.1) is 13.8 Å². The summed E-state index contributed by atoms with van der Waals surface area (Å²) >= 11 is 0. The van der Waals surface area contributed by atoms with Crippen LogP contribution in [0.15, 0.2) is 0 Å². The number of aromatic nitrogens is 1. The van der Waals surface area contributed by atoms with E-state index in [0.29, 0.717) is 29.8 Å². The number of ketones is 1. The number of methoxy groups -OCH3 is 1. The summed E-state index contributed by atoms with van der Waals surface area (Å²) < 4.78 is 6.78. The zero-order valence-corrected chi connectivity index (χ0v) is 19.4. The normalized spacial score (nSPS) is 14.6. The molecule has 30 heavy (non-hydrogen) atoms. The Kier molecular flexibility index (Phi) is 9.12. The summed E-state index contributed by atoms with van der Waals surface area (Å²) in [6, 6.07) is 0.144. The number of carbonyl (C=O) groups excluding carboxylic acids is 3. The van der Waals surface area contributed by atoms with E-state index in [4.69, 9.17) is 4.74 Å². The molecule has 6 nitrogen and oxygen atoms in total. The molecule has 1 aliphatic rings. The second-order valence-corrected chi connectivity index (χ2v) is 8.36. The third kappa shape index (κ3) is 5.32. The minimum Gasteiger partial charge on any atom is -0.464 e. The molecule has 0 spiro atoms. The van der Waals surface area contributed by atoms with Crippen LogP contribution in [0.2, 0.25) is 0 Å². The van der Waals surface area contributed by atoms with Crippen LogP contribution in [0.3, 0.4) is 0 Å². The van der Waals surface area contributed by atoms with Crippen LogP contribution in [-0.4, -0.2) is 46.8 Å². The van der Waals surface area contributed by atoms with Crippen LogP contribution in [0.5, 0.6) is 0 Å². The Labute approximate surface area is 181 Å². The zero-order chi connectivity index (χ0) is 22.3. The van der Waals surface area contributed by atoms with Crippen LogP contribution in [0.1, 0.15) is 104 Å². The van der Waals surface area contributed by atoms with E-state index in [1.165, 1.54) is 13.5 Å². The second kappa shape index (κ2) is 11.3. The summed E-state index contributed by atoms with van der Waals surface area (Å²) in [5.41, 5.74) is 2.40. The molecule has 0 unspecified atom stereocenters. The second-order valence-electron chi connectivity index (χ2n) is 8.36. The number of amides is 1. The van der Waals surface area contributed by atoms with Gasteiger partial charge in [-0.25, -0.2) is 4.79 Å². The molecule has 1 aliphatic carbocycles. The van der Waals surface area contributed by atoms with E-state index in [0.717, 1.165) is 50.6 Å². The SMILES string of the molecule is CCCCCC(=O)N(CC(=O)c1c(C)c(C(=O)OC)n(CC)c1C)C1CCCCC1. The molecule has 1 amide bonds. The van der Waals surface area contributed by atoms with Crippen molar-refractivity contribution in [2.24, 2.45) is 0 Å². The average Bonchev–Trinajstić information content (AvgIpc) is 3.01. The highest BCUT2D eigenvalue weighted by atomic mass is 16.5. The van der Waals surface area contributed by atoms with Crippen LogP contribution < -0.4 is 0 Å². The molecular formula is C24H38N2O4.